The van der Waals surface area contributed by atoms with Crippen LogP contribution >= 0.6 is 11.8 Å². The van der Waals surface area contributed by atoms with Gasteiger partial charge < -0.3 is 9.42 Å². The highest BCUT2D eigenvalue weighted by molar-refractivity contribution is 7.98. The topological polar surface area (TPSA) is 58.3 Å². The lowest BCUT2D eigenvalue weighted by atomic mass is 10.2. The van der Waals surface area contributed by atoms with Crippen molar-refractivity contribution < 1.29 is 4.52 Å². The Bertz CT molecular complexity index is 637. The molecule has 2 aromatic heterocycles. The molecule has 3 rings (SSSR count). The van der Waals surface area contributed by atoms with Crippen LogP contribution in [0.2, 0.25) is 0 Å². The minimum atomic E-state index is 0.834. The smallest absolute Gasteiger partial charge is 0.189 e. The molecule has 0 amide bonds. The van der Waals surface area contributed by atoms with Crippen molar-refractivity contribution in [3.8, 4) is 0 Å². The molecule has 6 nitrogen and oxygen atoms in total. The Morgan fingerprint density at radius 3 is 2.64 bits per heavy atom. The minimum Gasteiger partial charge on any atom is -0.361 e. The van der Waals surface area contributed by atoms with E-state index in [2.05, 4.69) is 31.8 Å². The Balaban J connectivity index is 1.61. The fourth-order valence-corrected chi connectivity index (χ4v) is 3.01. The number of nitrogens with zero attached hydrogens (tertiary/aromatic N) is 5. The Kier molecular flexibility index (Phi) is 4.63. The van der Waals surface area contributed by atoms with Crippen LogP contribution < -0.4 is 4.90 Å². The summed E-state index contributed by atoms with van der Waals surface area (Å²) < 4.78 is 5.13. The molecule has 0 saturated carbocycles. The van der Waals surface area contributed by atoms with Crippen LogP contribution in [0.3, 0.4) is 0 Å². The van der Waals surface area contributed by atoms with Crippen molar-refractivity contribution in [2.24, 2.45) is 0 Å². The molecule has 3 heterocycles. The van der Waals surface area contributed by atoms with Crippen molar-refractivity contribution in [3.05, 3.63) is 29.3 Å². The largest absolute Gasteiger partial charge is 0.361 e. The van der Waals surface area contributed by atoms with Gasteiger partial charge in [-0.1, -0.05) is 16.9 Å². The van der Waals surface area contributed by atoms with Crippen molar-refractivity contribution in [2.45, 2.75) is 25.5 Å². The molecular weight excluding hydrogens is 298 g/mol. The van der Waals surface area contributed by atoms with Gasteiger partial charge in [0.15, 0.2) is 5.16 Å². The summed E-state index contributed by atoms with van der Waals surface area (Å²) in [7, 11) is 0. The summed E-state index contributed by atoms with van der Waals surface area (Å²) in [6.45, 7) is 8.81. The maximum Gasteiger partial charge on any atom is 0.189 e. The van der Waals surface area contributed by atoms with Gasteiger partial charge >= 0.3 is 0 Å². The third-order valence-corrected chi connectivity index (χ3v) is 4.40. The molecule has 0 unspecified atom stereocenters. The second-order valence-corrected chi connectivity index (χ2v) is 6.33. The first kappa shape index (κ1) is 15.3. The van der Waals surface area contributed by atoms with Crippen molar-refractivity contribution in [1.82, 2.24) is 20.0 Å². The molecule has 118 valence electrons. The molecule has 1 fully saturated rings. The number of hydrogen-bond acceptors (Lipinski definition) is 7. The quantitative estimate of drug-likeness (QED) is 0.632. The average Bonchev–Trinajstić information content (AvgIpc) is 2.94. The van der Waals surface area contributed by atoms with E-state index in [9.17, 15) is 0 Å². The molecule has 0 aromatic carbocycles. The van der Waals surface area contributed by atoms with Crippen molar-refractivity contribution in [2.75, 3.05) is 37.3 Å². The average molecular weight is 319 g/mol. The molecule has 0 aliphatic carbocycles. The second kappa shape index (κ2) is 6.66. The van der Waals surface area contributed by atoms with Gasteiger partial charge in [-0.3, -0.25) is 4.90 Å². The zero-order chi connectivity index (χ0) is 15.5. The van der Waals surface area contributed by atoms with E-state index >= 15 is 0 Å². The highest BCUT2D eigenvalue weighted by Gasteiger charge is 2.20. The predicted molar refractivity (Wildman–Crippen MR) is 87.3 cm³/mol. The minimum absolute atomic E-state index is 0.834. The van der Waals surface area contributed by atoms with Gasteiger partial charge in [-0.25, -0.2) is 9.97 Å². The number of piperazine rings is 1. The zero-order valence-corrected chi connectivity index (χ0v) is 14.1. The van der Waals surface area contributed by atoms with E-state index < -0.39 is 0 Å². The Morgan fingerprint density at radius 1 is 1.23 bits per heavy atom. The van der Waals surface area contributed by atoms with Gasteiger partial charge in [0.2, 0.25) is 0 Å². The molecule has 1 aliphatic rings. The fraction of sp³-hybridized carbons (Fsp3) is 0.533. The lowest BCUT2D eigenvalue weighted by Crippen LogP contribution is -2.46. The van der Waals surface area contributed by atoms with Crippen LogP contribution in [0.5, 0.6) is 0 Å². The summed E-state index contributed by atoms with van der Waals surface area (Å²) in [5.74, 6) is 1.94. The van der Waals surface area contributed by atoms with Gasteiger partial charge in [0, 0.05) is 50.6 Å². The maximum atomic E-state index is 5.13. The van der Waals surface area contributed by atoms with E-state index in [1.165, 1.54) is 0 Å². The van der Waals surface area contributed by atoms with E-state index in [1.807, 2.05) is 25.4 Å². The molecule has 2 aromatic rings. The molecule has 1 aliphatic heterocycles. The van der Waals surface area contributed by atoms with Gasteiger partial charge in [0.1, 0.15) is 11.6 Å². The van der Waals surface area contributed by atoms with Crippen LogP contribution in [0.25, 0.3) is 0 Å². The Morgan fingerprint density at radius 2 is 2.00 bits per heavy atom. The monoisotopic (exact) mass is 319 g/mol. The molecule has 0 atom stereocenters. The zero-order valence-electron chi connectivity index (χ0n) is 13.2. The standard InChI is InChI=1S/C15H21N5OS/c1-11-9-16-15(22-3)17-14(11)20-6-4-19(5-7-20)10-13-8-12(2)21-18-13/h8-9H,4-7,10H2,1-3H3. The van der Waals surface area contributed by atoms with E-state index in [0.29, 0.717) is 0 Å². The number of thioether (sulfide) groups is 1. The summed E-state index contributed by atoms with van der Waals surface area (Å²) in [6.07, 6.45) is 3.92. The number of aromatic nitrogens is 3. The van der Waals surface area contributed by atoms with Crippen LogP contribution in [0.1, 0.15) is 17.0 Å². The molecule has 0 N–H and O–H groups in total. The van der Waals surface area contributed by atoms with E-state index in [0.717, 1.165) is 60.7 Å². The molecule has 0 bridgehead atoms. The third-order valence-electron chi connectivity index (χ3n) is 3.84. The van der Waals surface area contributed by atoms with Crippen molar-refractivity contribution in [1.29, 1.82) is 0 Å². The normalized spacial score (nSPS) is 16.2. The first-order chi connectivity index (χ1) is 10.7. The van der Waals surface area contributed by atoms with Gasteiger partial charge in [-0.2, -0.15) is 0 Å². The first-order valence-corrected chi connectivity index (χ1v) is 8.65. The van der Waals surface area contributed by atoms with Gasteiger partial charge in [0.25, 0.3) is 0 Å². The molecule has 22 heavy (non-hydrogen) atoms. The third kappa shape index (κ3) is 3.41. The maximum absolute atomic E-state index is 5.13. The highest BCUT2D eigenvalue weighted by Crippen LogP contribution is 2.21. The van der Waals surface area contributed by atoms with Crippen molar-refractivity contribution >= 4 is 17.6 Å². The second-order valence-electron chi connectivity index (χ2n) is 5.56. The van der Waals surface area contributed by atoms with Crippen LogP contribution in [-0.4, -0.2) is 52.5 Å². The molecule has 0 radical (unpaired) electrons. The number of aryl methyl sites for hydroxylation is 2. The first-order valence-electron chi connectivity index (χ1n) is 7.43. The number of hydrogen-bond donors (Lipinski definition) is 0. The van der Waals surface area contributed by atoms with Gasteiger partial charge in [0.05, 0.1) is 5.69 Å². The van der Waals surface area contributed by atoms with Crippen LogP contribution in [0, 0.1) is 13.8 Å². The summed E-state index contributed by atoms with van der Waals surface area (Å²) >= 11 is 1.58. The van der Waals surface area contributed by atoms with Crippen molar-refractivity contribution in [3.63, 3.8) is 0 Å². The molecule has 7 heteroatoms. The van der Waals surface area contributed by atoms with Crippen LogP contribution in [-0.2, 0) is 6.54 Å². The summed E-state index contributed by atoms with van der Waals surface area (Å²) in [5.41, 5.74) is 2.15. The Labute approximate surface area is 134 Å². The van der Waals surface area contributed by atoms with E-state index in [1.54, 1.807) is 11.8 Å². The Hall–Kier alpha value is -1.60. The molecule has 0 spiro atoms. The van der Waals surface area contributed by atoms with Crippen LogP contribution in [0.4, 0.5) is 5.82 Å². The predicted octanol–water partition coefficient (Wildman–Crippen LogP) is 2.13. The highest BCUT2D eigenvalue weighted by atomic mass is 32.2. The molecule has 1 saturated heterocycles. The number of rotatable bonds is 4. The summed E-state index contributed by atoms with van der Waals surface area (Å²) in [5, 5.41) is 4.90. The molecular formula is C15H21N5OS. The van der Waals surface area contributed by atoms with E-state index in [-0.39, 0.29) is 0 Å². The van der Waals surface area contributed by atoms with E-state index in [4.69, 9.17) is 4.52 Å². The summed E-state index contributed by atoms with van der Waals surface area (Å²) in [4.78, 5) is 13.7. The van der Waals surface area contributed by atoms with Gasteiger partial charge in [-0.15, -0.1) is 0 Å². The summed E-state index contributed by atoms with van der Waals surface area (Å²) in [6, 6.07) is 2.01. The van der Waals surface area contributed by atoms with Gasteiger partial charge in [-0.05, 0) is 20.1 Å². The number of anilines is 1. The fourth-order valence-electron chi connectivity index (χ4n) is 2.68. The lowest BCUT2D eigenvalue weighted by Gasteiger charge is -2.35. The SMILES string of the molecule is CSc1ncc(C)c(N2CCN(Cc3cc(C)on3)CC2)n1. The van der Waals surface area contributed by atoms with Crippen LogP contribution in [0.15, 0.2) is 21.9 Å². The lowest BCUT2D eigenvalue weighted by molar-refractivity contribution is 0.241.